The smallest absolute Gasteiger partial charge is 0.240 e. The van der Waals surface area contributed by atoms with Gasteiger partial charge >= 0.3 is 0 Å². The molecule has 0 saturated carbocycles. The Hall–Kier alpha value is -2.25. The summed E-state index contributed by atoms with van der Waals surface area (Å²) in [6.07, 6.45) is 1.61. The first-order valence-electron chi connectivity index (χ1n) is 6.75. The number of aryl methyl sites for hydroxylation is 1. The van der Waals surface area contributed by atoms with E-state index in [9.17, 15) is 13.2 Å². The number of amides is 1. The van der Waals surface area contributed by atoms with E-state index >= 15 is 0 Å². The van der Waals surface area contributed by atoms with E-state index in [0.717, 1.165) is 5.56 Å². The van der Waals surface area contributed by atoms with Crippen molar-refractivity contribution in [1.82, 2.24) is 9.71 Å². The normalized spacial score (nSPS) is 11.1. The summed E-state index contributed by atoms with van der Waals surface area (Å²) in [6.45, 7) is 1.86. The van der Waals surface area contributed by atoms with Crippen molar-refractivity contribution in [1.29, 1.82) is 0 Å². The number of nitrogens with one attached hydrogen (secondary N) is 2. The molecule has 0 saturated heterocycles. The molecule has 1 amide bonds. The fourth-order valence-electron chi connectivity index (χ4n) is 1.79. The van der Waals surface area contributed by atoms with Crippen molar-refractivity contribution in [3.63, 3.8) is 0 Å². The maximum absolute atomic E-state index is 12.0. The molecular formula is C15H17N3O3S. The maximum atomic E-state index is 12.0. The molecule has 1 aromatic heterocycles. The number of carbonyl (C=O) groups excluding carboxylic acids is 1. The Bertz CT molecular complexity index is 746. The molecule has 0 unspecified atom stereocenters. The third-order valence-corrected chi connectivity index (χ3v) is 4.44. The highest BCUT2D eigenvalue weighted by Crippen LogP contribution is 2.10. The van der Waals surface area contributed by atoms with Crippen molar-refractivity contribution in [2.45, 2.75) is 18.2 Å². The molecule has 0 aliphatic carbocycles. The summed E-state index contributed by atoms with van der Waals surface area (Å²) in [7, 11) is -3.58. The Morgan fingerprint density at radius 3 is 2.55 bits per heavy atom. The second-order valence-corrected chi connectivity index (χ2v) is 6.44. The molecule has 6 nitrogen and oxygen atoms in total. The molecule has 1 aromatic carbocycles. The third-order valence-electron chi connectivity index (χ3n) is 2.96. The van der Waals surface area contributed by atoms with Crippen LogP contribution in [0.3, 0.4) is 0 Å². The molecule has 2 rings (SSSR count). The molecular weight excluding hydrogens is 302 g/mol. The van der Waals surface area contributed by atoms with Gasteiger partial charge in [-0.25, -0.2) is 18.1 Å². The minimum atomic E-state index is -3.58. The van der Waals surface area contributed by atoms with Crippen molar-refractivity contribution in [2.75, 3.05) is 11.9 Å². The lowest BCUT2D eigenvalue weighted by Crippen LogP contribution is -2.28. The fourth-order valence-corrected chi connectivity index (χ4v) is 2.85. The van der Waals surface area contributed by atoms with Crippen LogP contribution in [-0.4, -0.2) is 25.9 Å². The van der Waals surface area contributed by atoms with Crippen molar-refractivity contribution < 1.29 is 13.2 Å². The van der Waals surface area contributed by atoms with Crippen LogP contribution < -0.4 is 10.0 Å². The van der Waals surface area contributed by atoms with Gasteiger partial charge in [-0.1, -0.05) is 24.3 Å². The number of benzene rings is 1. The predicted molar refractivity (Wildman–Crippen MR) is 83.9 cm³/mol. The summed E-state index contributed by atoms with van der Waals surface area (Å²) >= 11 is 0. The van der Waals surface area contributed by atoms with Crippen LogP contribution in [0.2, 0.25) is 0 Å². The van der Waals surface area contributed by atoms with Crippen molar-refractivity contribution >= 4 is 21.7 Å². The second kappa shape index (κ2) is 7.15. The number of aromatic nitrogens is 1. The molecule has 0 bridgehead atoms. The average Bonchev–Trinajstić information content (AvgIpc) is 2.50. The van der Waals surface area contributed by atoms with Gasteiger partial charge in [0.05, 0.1) is 4.90 Å². The lowest BCUT2D eigenvalue weighted by molar-refractivity contribution is -0.116. The molecule has 0 aliphatic rings. The highest BCUT2D eigenvalue weighted by molar-refractivity contribution is 7.89. The molecule has 116 valence electrons. The number of pyridine rings is 1. The average molecular weight is 319 g/mol. The van der Waals surface area contributed by atoms with Crippen LogP contribution in [0, 0.1) is 6.92 Å². The van der Waals surface area contributed by atoms with E-state index in [1.807, 2.05) is 13.0 Å². The molecule has 0 spiro atoms. The van der Waals surface area contributed by atoms with Gasteiger partial charge in [0, 0.05) is 19.2 Å². The van der Waals surface area contributed by atoms with Gasteiger partial charge in [-0.05, 0) is 30.7 Å². The molecule has 7 heteroatoms. The molecule has 0 aliphatic heterocycles. The molecule has 2 N–H and O–H groups in total. The van der Waals surface area contributed by atoms with E-state index in [-0.39, 0.29) is 23.8 Å². The van der Waals surface area contributed by atoms with Crippen LogP contribution in [0.5, 0.6) is 0 Å². The molecule has 22 heavy (non-hydrogen) atoms. The summed E-state index contributed by atoms with van der Waals surface area (Å²) in [5.41, 5.74) is 0.848. The van der Waals surface area contributed by atoms with Gasteiger partial charge in [-0.2, -0.15) is 0 Å². The fraction of sp³-hybridized carbons (Fsp3) is 0.200. The van der Waals surface area contributed by atoms with E-state index in [0.29, 0.717) is 5.82 Å². The Morgan fingerprint density at radius 2 is 1.86 bits per heavy atom. The summed E-state index contributed by atoms with van der Waals surface area (Å²) in [4.78, 5) is 16.0. The van der Waals surface area contributed by atoms with Crippen LogP contribution in [0.25, 0.3) is 0 Å². The molecule has 0 fully saturated rings. The zero-order valence-corrected chi connectivity index (χ0v) is 12.9. The van der Waals surface area contributed by atoms with Gasteiger partial charge in [0.25, 0.3) is 0 Å². The number of hydrogen-bond donors (Lipinski definition) is 2. The molecule has 0 radical (unpaired) electrons. The zero-order chi connectivity index (χ0) is 16.0. The summed E-state index contributed by atoms with van der Waals surface area (Å²) < 4.78 is 26.3. The molecule has 0 atom stereocenters. The van der Waals surface area contributed by atoms with Crippen LogP contribution in [0.15, 0.2) is 53.6 Å². The van der Waals surface area contributed by atoms with E-state index in [2.05, 4.69) is 15.0 Å². The monoisotopic (exact) mass is 319 g/mol. The number of hydrogen-bond acceptors (Lipinski definition) is 4. The van der Waals surface area contributed by atoms with Crippen molar-refractivity contribution in [3.8, 4) is 0 Å². The van der Waals surface area contributed by atoms with E-state index in [4.69, 9.17) is 0 Å². The third kappa shape index (κ3) is 4.37. The van der Waals surface area contributed by atoms with Crippen molar-refractivity contribution in [2.24, 2.45) is 0 Å². The number of anilines is 1. The van der Waals surface area contributed by atoms with Gasteiger partial charge in [-0.3, -0.25) is 4.79 Å². The Balaban J connectivity index is 1.86. The lowest BCUT2D eigenvalue weighted by atomic mass is 10.3. The SMILES string of the molecule is Cc1cccnc1NC(=O)CCNS(=O)(=O)c1ccccc1. The van der Waals surface area contributed by atoms with Gasteiger partial charge in [0.1, 0.15) is 5.82 Å². The maximum Gasteiger partial charge on any atom is 0.240 e. The van der Waals surface area contributed by atoms with E-state index < -0.39 is 10.0 Å². The lowest BCUT2D eigenvalue weighted by Gasteiger charge is -2.08. The van der Waals surface area contributed by atoms with Crippen LogP contribution >= 0.6 is 0 Å². The minimum absolute atomic E-state index is 0.0228. The number of nitrogens with zero attached hydrogens (tertiary/aromatic N) is 1. The predicted octanol–water partition coefficient (Wildman–Crippen LogP) is 1.70. The van der Waals surface area contributed by atoms with Gasteiger partial charge in [0.2, 0.25) is 15.9 Å². The van der Waals surface area contributed by atoms with E-state index in [1.165, 1.54) is 12.1 Å². The zero-order valence-electron chi connectivity index (χ0n) is 12.1. The number of sulfonamides is 1. The Labute approximate surface area is 129 Å². The van der Waals surface area contributed by atoms with Crippen LogP contribution in [-0.2, 0) is 14.8 Å². The highest BCUT2D eigenvalue weighted by atomic mass is 32.2. The van der Waals surface area contributed by atoms with E-state index in [1.54, 1.807) is 30.5 Å². The van der Waals surface area contributed by atoms with Crippen molar-refractivity contribution in [3.05, 3.63) is 54.2 Å². The summed E-state index contributed by atoms with van der Waals surface area (Å²) in [5.74, 6) is 0.191. The standard InChI is InChI=1S/C15H17N3O3S/c1-12-6-5-10-16-15(12)18-14(19)9-11-17-22(20,21)13-7-3-2-4-8-13/h2-8,10,17H,9,11H2,1H3,(H,16,18,19). The number of rotatable bonds is 6. The first-order chi connectivity index (χ1) is 10.5. The molecule has 1 heterocycles. The summed E-state index contributed by atoms with van der Waals surface area (Å²) in [5, 5.41) is 2.65. The Morgan fingerprint density at radius 1 is 1.14 bits per heavy atom. The minimum Gasteiger partial charge on any atom is -0.310 e. The second-order valence-electron chi connectivity index (χ2n) is 4.68. The largest absolute Gasteiger partial charge is 0.310 e. The quantitative estimate of drug-likeness (QED) is 0.848. The number of carbonyl (C=O) groups is 1. The van der Waals surface area contributed by atoms with Gasteiger partial charge < -0.3 is 5.32 Å². The van der Waals surface area contributed by atoms with Gasteiger partial charge in [-0.15, -0.1) is 0 Å². The first-order valence-corrected chi connectivity index (χ1v) is 8.23. The first kappa shape index (κ1) is 16.1. The topological polar surface area (TPSA) is 88.2 Å². The Kier molecular flexibility index (Phi) is 5.24. The highest BCUT2D eigenvalue weighted by Gasteiger charge is 2.13. The van der Waals surface area contributed by atoms with Gasteiger partial charge in [0.15, 0.2) is 0 Å². The molecule has 2 aromatic rings. The van der Waals surface area contributed by atoms with Crippen LogP contribution in [0.4, 0.5) is 5.82 Å². The van der Waals surface area contributed by atoms with Crippen LogP contribution in [0.1, 0.15) is 12.0 Å². The summed E-state index contributed by atoms with van der Waals surface area (Å²) in [6, 6.07) is 11.6.